The molecule has 1 aliphatic rings. The third kappa shape index (κ3) is 3.64. The van der Waals surface area contributed by atoms with Crippen molar-refractivity contribution in [1.29, 1.82) is 0 Å². The molecule has 4 nitrogen and oxygen atoms in total. The molecule has 0 saturated carbocycles. The summed E-state index contributed by atoms with van der Waals surface area (Å²) in [5.74, 6) is -0.394. The van der Waals surface area contributed by atoms with Crippen molar-refractivity contribution in [1.82, 2.24) is 4.90 Å². The number of amides is 1. The van der Waals surface area contributed by atoms with Gasteiger partial charge in [-0.25, -0.2) is 4.79 Å². The van der Waals surface area contributed by atoms with E-state index in [4.69, 9.17) is 4.74 Å². The number of hydrogen-bond acceptors (Lipinski definition) is 4. The van der Waals surface area contributed by atoms with Crippen molar-refractivity contribution in [3.63, 3.8) is 0 Å². The minimum Gasteiger partial charge on any atom is -0.454 e. The van der Waals surface area contributed by atoms with Gasteiger partial charge in [-0.1, -0.05) is 30.3 Å². The van der Waals surface area contributed by atoms with Crippen LogP contribution in [-0.4, -0.2) is 23.8 Å². The summed E-state index contributed by atoms with van der Waals surface area (Å²) in [6.45, 7) is 0.564. The second-order valence-electron chi connectivity index (χ2n) is 6.67. The molecule has 0 unspecified atom stereocenters. The molecule has 2 aromatic carbocycles. The summed E-state index contributed by atoms with van der Waals surface area (Å²) >= 11 is 1.62. The Morgan fingerprint density at radius 1 is 1.19 bits per heavy atom. The van der Waals surface area contributed by atoms with Gasteiger partial charge in [-0.2, -0.15) is 11.3 Å². The minimum absolute atomic E-state index is 0.0563. The van der Waals surface area contributed by atoms with Crippen molar-refractivity contribution in [2.45, 2.75) is 19.1 Å². The van der Waals surface area contributed by atoms with Crippen LogP contribution in [0.1, 0.15) is 43.5 Å². The van der Waals surface area contributed by atoms with Crippen LogP contribution in [0.4, 0.5) is 0 Å². The van der Waals surface area contributed by atoms with Gasteiger partial charge in [0.15, 0.2) is 0 Å². The second-order valence-corrected chi connectivity index (χ2v) is 7.45. The fourth-order valence-electron chi connectivity index (χ4n) is 3.33. The van der Waals surface area contributed by atoms with E-state index < -0.39 is 0 Å². The topological polar surface area (TPSA) is 46.6 Å². The van der Waals surface area contributed by atoms with Crippen LogP contribution in [0.5, 0.6) is 0 Å². The lowest BCUT2D eigenvalue weighted by atomic mass is 9.93. The molecule has 4 rings (SSSR count). The molecule has 5 heteroatoms. The van der Waals surface area contributed by atoms with Gasteiger partial charge in [0.05, 0.1) is 5.56 Å². The van der Waals surface area contributed by atoms with Crippen molar-refractivity contribution in [2.24, 2.45) is 0 Å². The van der Waals surface area contributed by atoms with Gasteiger partial charge < -0.3 is 9.64 Å². The fourth-order valence-corrected chi connectivity index (χ4v) is 3.99. The first-order valence-electron chi connectivity index (χ1n) is 8.77. The van der Waals surface area contributed by atoms with Crippen LogP contribution in [-0.2, 0) is 17.7 Å². The summed E-state index contributed by atoms with van der Waals surface area (Å²) < 4.78 is 5.58. The van der Waals surface area contributed by atoms with E-state index in [0.717, 1.165) is 16.7 Å². The van der Waals surface area contributed by atoms with Crippen LogP contribution >= 0.6 is 11.3 Å². The van der Waals surface area contributed by atoms with E-state index in [2.05, 4.69) is 0 Å². The van der Waals surface area contributed by atoms with Crippen LogP contribution in [0.2, 0.25) is 0 Å². The summed E-state index contributed by atoms with van der Waals surface area (Å²) in [4.78, 5) is 26.9. The number of esters is 1. The van der Waals surface area contributed by atoms with Gasteiger partial charge in [0.25, 0.3) is 5.91 Å². The third-order valence-corrected chi connectivity index (χ3v) is 5.48. The maximum Gasteiger partial charge on any atom is 0.339 e. The first kappa shape index (κ1) is 17.5. The molecule has 1 atom stereocenters. The Labute approximate surface area is 162 Å². The number of fused-ring (bicyclic) bond motifs is 1. The second kappa shape index (κ2) is 7.37. The molecule has 0 N–H and O–H groups in total. The summed E-state index contributed by atoms with van der Waals surface area (Å²) in [5.41, 5.74) is 4.06. The molecule has 1 aromatic heterocycles. The standard InChI is InChI=1S/C22H19NO3S/c1-23(13-15-9-10-27-14-15)21(24)17-7-8-19-18(11-17)12-20(26-22(19)25)16-5-3-2-4-6-16/h2-11,14,20H,12-13H2,1H3/t20-/m0/s1. The number of carbonyl (C=O) groups excluding carboxylic acids is 2. The zero-order valence-corrected chi connectivity index (χ0v) is 15.7. The number of nitrogens with zero attached hydrogens (tertiary/aromatic N) is 1. The SMILES string of the molecule is CN(Cc1ccsc1)C(=O)c1ccc2c(c1)C[C@@H](c1ccccc1)OC2=O. The lowest BCUT2D eigenvalue weighted by Crippen LogP contribution is -2.27. The predicted octanol–water partition coefficient (Wildman–Crippen LogP) is 4.47. The Hall–Kier alpha value is -2.92. The Morgan fingerprint density at radius 2 is 2.00 bits per heavy atom. The molecule has 0 radical (unpaired) electrons. The first-order valence-corrected chi connectivity index (χ1v) is 9.71. The molecule has 136 valence electrons. The molecule has 3 aromatic rings. The summed E-state index contributed by atoms with van der Waals surface area (Å²) in [5, 5.41) is 4.04. The lowest BCUT2D eigenvalue weighted by Gasteiger charge is -2.26. The highest BCUT2D eigenvalue weighted by molar-refractivity contribution is 7.07. The van der Waals surface area contributed by atoms with Gasteiger partial charge in [0.2, 0.25) is 0 Å². The molecule has 0 fully saturated rings. The van der Waals surface area contributed by atoms with Crippen molar-refractivity contribution >= 4 is 23.2 Å². The third-order valence-electron chi connectivity index (χ3n) is 4.74. The van der Waals surface area contributed by atoms with Gasteiger partial charge in [-0.3, -0.25) is 4.79 Å². The van der Waals surface area contributed by atoms with Crippen molar-refractivity contribution < 1.29 is 14.3 Å². The number of carbonyl (C=O) groups is 2. The number of hydrogen-bond donors (Lipinski definition) is 0. The average molecular weight is 377 g/mol. The highest BCUT2D eigenvalue weighted by Crippen LogP contribution is 2.31. The maximum absolute atomic E-state index is 12.8. The molecular weight excluding hydrogens is 358 g/mol. The van der Waals surface area contributed by atoms with Crippen LogP contribution < -0.4 is 0 Å². The molecule has 27 heavy (non-hydrogen) atoms. The normalized spacial score (nSPS) is 15.7. The smallest absolute Gasteiger partial charge is 0.339 e. The summed E-state index contributed by atoms with van der Waals surface area (Å²) in [6, 6.07) is 16.9. The van der Waals surface area contributed by atoms with Gasteiger partial charge in [-0.05, 0) is 51.7 Å². The molecule has 0 saturated heterocycles. The molecule has 1 aliphatic heterocycles. The first-order chi connectivity index (χ1) is 13.1. The molecular formula is C22H19NO3S. The number of cyclic esters (lactones) is 1. The Balaban J connectivity index is 1.57. The molecule has 0 spiro atoms. The highest BCUT2D eigenvalue weighted by Gasteiger charge is 2.28. The maximum atomic E-state index is 12.8. The predicted molar refractivity (Wildman–Crippen MR) is 105 cm³/mol. The monoisotopic (exact) mass is 377 g/mol. The van der Waals surface area contributed by atoms with Crippen LogP contribution in [0.3, 0.4) is 0 Å². The van der Waals surface area contributed by atoms with E-state index in [-0.39, 0.29) is 18.0 Å². The van der Waals surface area contributed by atoms with Gasteiger partial charge in [0.1, 0.15) is 6.10 Å². The zero-order chi connectivity index (χ0) is 18.8. The molecule has 1 amide bonds. The Bertz CT molecular complexity index is 966. The largest absolute Gasteiger partial charge is 0.454 e. The van der Waals surface area contributed by atoms with E-state index in [0.29, 0.717) is 24.1 Å². The number of rotatable bonds is 4. The van der Waals surface area contributed by atoms with E-state index in [9.17, 15) is 9.59 Å². The number of thiophene rings is 1. The van der Waals surface area contributed by atoms with Crippen molar-refractivity contribution in [3.05, 3.63) is 93.2 Å². The minimum atomic E-state index is -0.337. The Morgan fingerprint density at radius 3 is 2.74 bits per heavy atom. The quantitative estimate of drug-likeness (QED) is 0.630. The number of benzene rings is 2. The van der Waals surface area contributed by atoms with Gasteiger partial charge >= 0.3 is 5.97 Å². The Kier molecular flexibility index (Phi) is 4.77. The van der Waals surface area contributed by atoms with E-state index in [1.807, 2.05) is 53.2 Å². The molecule has 2 heterocycles. The van der Waals surface area contributed by atoms with E-state index in [1.54, 1.807) is 35.4 Å². The lowest BCUT2D eigenvalue weighted by molar-refractivity contribution is 0.0252. The van der Waals surface area contributed by atoms with Gasteiger partial charge in [-0.15, -0.1) is 0 Å². The van der Waals surface area contributed by atoms with Crippen LogP contribution in [0, 0.1) is 0 Å². The fraction of sp³-hybridized carbons (Fsp3) is 0.182. The van der Waals surface area contributed by atoms with Crippen LogP contribution in [0.15, 0.2) is 65.4 Å². The number of ether oxygens (including phenoxy) is 1. The van der Waals surface area contributed by atoms with E-state index >= 15 is 0 Å². The molecule has 0 bridgehead atoms. The average Bonchev–Trinajstić information content (AvgIpc) is 3.20. The van der Waals surface area contributed by atoms with Crippen molar-refractivity contribution in [3.8, 4) is 0 Å². The van der Waals surface area contributed by atoms with Gasteiger partial charge in [0, 0.05) is 25.6 Å². The zero-order valence-electron chi connectivity index (χ0n) is 14.9. The van der Waals surface area contributed by atoms with E-state index in [1.165, 1.54) is 0 Å². The molecule has 0 aliphatic carbocycles. The highest BCUT2D eigenvalue weighted by atomic mass is 32.1. The van der Waals surface area contributed by atoms with Crippen molar-refractivity contribution in [2.75, 3.05) is 7.05 Å². The summed E-state index contributed by atoms with van der Waals surface area (Å²) in [6.07, 6.45) is 0.251. The summed E-state index contributed by atoms with van der Waals surface area (Å²) in [7, 11) is 1.79. The van der Waals surface area contributed by atoms with Crippen LogP contribution in [0.25, 0.3) is 0 Å².